The van der Waals surface area contributed by atoms with Gasteiger partial charge in [0.05, 0.1) is 6.33 Å². The Hall–Kier alpha value is -1.38. The summed E-state index contributed by atoms with van der Waals surface area (Å²) >= 11 is 0. The molecule has 0 saturated heterocycles. The first kappa shape index (κ1) is 11.7. The Bertz CT molecular complexity index is 344. The minimum atomic E-state index is -0.339. The third-order valence-electron chi connectivity index (χ3n) is 2.23. The van der Waals surface area contributed by atoms with Crippen molar-refractivity contribution >= 4 is 5.78 Å². The summed E-state index contributed by atoms with van der Waals surface area (Å²) in [5, 5.41) is 0. The molecule has 3 heteroatoms. The molecule has 0 radical (unpaired) electrons. The number of hydrogen-bond acceptors (Lipinski definition) is 2. The second kappa shape index (κ2) is 4.43. The first-order chi connectivity index (χ1) is 6.96. The van der Waals surface area contributed by atoms with Crippen LogP contribution in [-0.4, -0.2) is 15.3 Å². The number of imidazole rings is 1. The highest BCUT2D eigenvalue weighted by molar-refractivity contribution is 5.88. The monoisotopic (exact) mass is 206 g/mol. The maximum Gasteiger partial charge on any atom is 0.164 e. The zero-order valence-corrected chi connectivity index (χ0v) is 9.77. The normalized spacial score (nSPS) is 14.4. The molecule has 1 atom stereocenters. The lowest BCUT2D eigenvalue weighted by Crippen LogP contribution is -2.28. The number of nitrogens with zero attached hydrogens (tertiary/aromatic N) is 2. The number of ketones is 1. The molecule has 0 bridgehead atoms. The molecule has 0 aromatic carbocycles. The Morgan fingerprint density at radius 3 is 2.53 bits per heavy atom. The fourth-order valence-electron chi connectivity index (χ4n) is 1.38. The van der Waals surface area contributed by atoms with E-state index in [4.69, 9.17) is 0 Å². The summed E-state index contributed by atoms with van der Waals surface area (Å²) in [5.74, 6) is 0.193. The smallest absolute Gasteiger partial charge is 0.164 e. The summed E-state index contributed by atoms with van der Waals surface area (Å²) in [4.78, 5) is 16.1. The number of aromatic nitrogens is 2. The Kier molecular flexibility index (Phi) is 3.45. The van der Waals surface area contributed by atoms with Gasteiger partial charge < -0.3 is 4.57 Å². The fraction of sp³-hybridized carbons (Fsp3) is 0.500. The van der Waals surface area contributed by atoms with Gasteiger partial charge in [0.15, 0.2) is 5.78 Å². The van der Waals surface area contributed by atoms with Gasteiger partial charge in [-0.1, -0.05) is 32.9 Å². The van der Waals surface area contributed by atoms with E-state index in [1.807, 2.05) is 50.6 Å². The lowest BCUT2D eigenvalue weighted by molar-refractivity contribution is -0.128. The Morgan fingerprint density at radius 1 is 1.47 bits per heavy atom. The van der Waals surface area contributed by atoms with Crippen molar-refractivity contribution in [1.82, 2.24) is 9.55 Å². The number of allylic oxidation sites excluding steroid dienone is 2. The van der Waals surface area contributed by atoms with E-state index in [0.717, 1.165) is 0 Å². The van der Waals surface area contributed by atoms with E-state index in [9.17, 15) is 4.79 Å². The molecule has 0 amide bonds. The molecule has 0 spiro atoms. The molecule has 1 aromatic rings. The van der Waals surface area contributed by atoms with Crippen LogP contribution < -0.4 is 0 Å². The van der Waals surface area contributed by atoms with E-state index in [1.165, 1.54) is 0 Å². The maximum atomic E-state index is 12.2. The van der Waals surface area contributed by atoms with Gasteiger partial charge >= 0.3 is 0 Å². The third-order valence-corrected chi connectivity index (χ3v) is 2.23. The Balaban J connectivity index is 2.99. The van der Waals surface area contributed by atoms with E-state index < -0.39 is 0 Å². The molecular weight excluding hydrogens is 188 g/mol. The summed E-state index contributed by atoms with van der Waals surface area (Å²) in [7, 11) is 0. The van der Waals surface area contributed by atoms with Crippen LogP contribution in [0.4, 0.5) is 0 Å². The van der Waals surface area contributed by atoms with Crippen LogP contribution in [0.25, 0.3) is 0 Å². The number of Topliss-reactive ketones (excluding diaryl/α,β-unsaturated/α-hetero) is 1. The zero-order chi connectivity index (χ0) is 11.5. The first-order valence-electron chi connectivity index (χ1n) is 5.11. The van der Waals surface area contributed by atoms with Crippen molar-refractivity contribution in [3.63, 3.8) is 0 Å². The van der Waals surface area contributed by atoms with E-state index in [-0.39, 0.29) is 17.2 Å². The van der Waals surface area contributed by atoms with Gasteiger partial charge in [-0.3, -0.25) is 4.79 Å². The van der Waals surface area contributed by atoms with Crippen LogP contribution in [0.15, 0.2) is 30.9 Å². The number of rotatable bonds is 3. The first-order valence-corrected chi connectivity index (χ1v) is 5.11. The highest BCUT2D eigenvalue weighted by Gasteiger charge is 2.28. The Labute approximate surface area is 90.8 Å². The van der Waals surface area contributed by atoms with Crippen LogP contribution in [0, 0.1) is 5.41 Å². The molecular formula is C12H18N2O. The van der Waals surface area contributed by atoms with E-state index in [2.05, 4.69) is 4.98 Å². The standard InChI is InChI=1S/C12H18N2O/c1-5-6-10(11(15)12(2,3)4)14-8-7-13-9-14/h5-10H,1-4H3/b6-5+. The quantitative estimate of drug-likeness (QED) is 0.712. The van der Waals surface area contributed by atoms with Gasteiger partial charge in [-0.05, 0) is 6.92 Å². The number of carbonyl (C=O) groups is 1. The SMILES string of the molecule is C/C=C/C(C(=O)C(C)(C)C)n1ccnc1. The predicted octanol–water partition coefficient (Wildman–Crippen LogP) is 2.62. The average molecular weight is 206 g/mol. The molecule has 0 aliphatic heterocycles. The van der Waals surface area contributed by atoms with Gasteiger partial charge in [0.1, 0.15) is 6.04 Å². The van der Waals surface area contributed by atoms with Crippen molar-refractivity contribution in [2.24, 2.45) is 5.41 Å². The van der Waals surface area contributed by atoms with E-state index in [0.29, 0.717) is 0 Å². The fourth-order valence-corrected chi connectivity index (χ4v) is 1.38. The number of carbonyl (C=O) groups excluding carboxylic acids is 1. The summed E-state index contributed by atoms with van der Waals surface area (Å²) in [6, 6.07) is -0.238. The van der Waals surface area contributed by atoms with Crippen LogP contribution in [0.3, 0.4) is 0 Å². The van der Waals surface area contributed by atoms with Crippen LogP contribution in [0.5, 0.6) is 0 Å². The van der Waals surface area contributed by atoms with Crippen molar-refractivity contribution in [3.05, 3.63) is 30.9 Å². The van der Waals surface area contributed by atoms with Gasteiger partial charge in [0, 0.05) is 17.8 Å². The Morgan fingerprint density at radius 2 is 2.13 bits per heavy atom. The molecule has 0 saturated carbocycles. The van der Waals surface area contributed by atoms with Crippen molar-refractivity contribution in [3.8, 4) is 0 Å². The predicted molar refractivity (Wildman–Crippen MR) is 60.5 cm³/mol. The molecule has 1 aromatic heterocycles. The zero-order valence-electron chi connectivity index (χ0n) is 9.77. The largest absolute Gasteiger partial charge is 0.323 e. The molecule has 1 rings (SSSR count). The van der Waals surface area contributed by atoms with E-state index in [1.54, 1.807) is 12.5 Å². The number of hydrogen-bond donors (Lipinski definition) is 0. The third kappa shape index (κ3) is 2.78. The summed E-state index contributed by atoms with van der Waals surface area (Å²) in [6.45, 7) is 7.72. The molecule has 1 heterocycles. The summed E-state index contributed by atoms with van der Waals surface area (Å²) < 4.78 is 1.83. The molecule has 82 valence electrons. The summed E-state index contributed by atoms with van der Waals surface area (Å²) in [5.41, 5.74) is -0.339. The van der Waals surface area contributed by atoms with Crippen LogP contribution in [0.2, 0.25) is 0 Å². The molecule has 3 nitrogen and oxygen atoms in total. The minimum Gasteiger partial charge on any atom is -0.323 e. The van der Waals surface area contributed by atoms with Crippen LogP contribution in [-0.2, 0) is 4.79 Å². The van der Waals surface area contributed by atoms with Gasteiger partial charge in [-0.2, -0.15) is 0 Å². The van der Waals surface area contributed by atoms with E-state index >= 15 is 0 Å². The van der Waals surface area contributed by atoms with Crippen molar-refractivity contribution in [1.29, 1.82) is 0 Å². The van der Waals surface area contributed by atoms with Gasteiger partial charge in [-0.25, -0.2) is 4.98 Å². The second-order valence-corrected chi connectivity index (χ2v) is 4.59. The topological polar surface area (TPSA) is 34.9 Å². The molecule has 0 fully saturated rings. The van der Waals surface area contributed by atoms with Crippen molar-refractivity contribution in [2.45, 2.75) is 33.7 Å². The van der Waals surface area contributed by atoms with Gasteiger partial charge in [-0.15, -0.1) is 0 Å². The molecule has 1 unspecified atom stereocenters. The highest BCUT2D eigenvalue weighted by Crippen LogP contribution is 2.24. The maximum absolute atomic E-state index is 12.2. The van der Waals surface area contributed by atoms with Gasteiger partial charge in [0.25, 0.3) is 0 Å². The lowest BCUT2D eigenvalue weighted by Gasteiger charge is -2.23. The minimum absolute atomic E-state index is 0.193. The van der Waals surface area contributed by atoms with Crippen molar-refractivity contribution < 1.29 is 4.79 Å². The highest BCUT2D eigenvalue weighted by atomic mass is 16.1. The van der Waals surface area contributed by atoms with Gasteiger partial charge in [0.2, 0.25) is 0 Å². The molecule has 0 aliphatic carbocycles. The lowest BCUT2D eigenvalue weighted by atomic mass is 9.86. The van der Waals surface area contributed by atoms with Crippen molar-refractivity contribution in [2.75, 3.05) is 0 Å². The average Bonchev–Trinajstić information content (AvgIpc) is 2.64. The second-order valence-electron chi connectivity index (χ2n) is 4.59. The molecule has 15 heavy (non-hydrogen) atoms. The van der Waals surface area contributed by atoms with Crippen LogP contribution in [0.1, 0.15) is 33.7 Å². The molecule has 0 aliphatic rings. The summed E-state index contributed by atoms with van der Waals surface area (Å²) in [6.07, 6.45) is 8.97. The van der Waals surface area contributed by atoms with Crippen LogP contribution >= 0.6 is 0 Å². The molecule has 0 N–H and O–H groups in total.